The maximum Gasteiger partial charge on any atom is 0.243 e. The maximum atomic E-state index is 13.7. The number of carbonyl (C=O) groups excluding carboxylic acids is 1. The van der Waals surface area contributed by atoms with E-state index in [4.69, 9.17) is 0 Å². The number of Topliss-reactive ketones (excluding diaryl/α,β-unsaturated/α-hetero) is 1. The third-order valence-electron chi connectivity index (χ3n) is 3.28. The molecule has 2 rings (SSSR count). The van der Waals surface area contributed by atoms with Crippen LogP contribution in [-0.4, -0.2) is 20.7 Å². The van der Waals surface area contributed by atoms with Crippen molar-refractivity contribution in [2.24, 2.45) is 5.92 Å². The van der Waals surface area contributed by atoms with E-state index in [-0.39, 0.29) is 23.8 Å². The normalized spacial score (nSPS) is 15.3. The number of benzene rings is 1. The third-order valence-corrected chi connectivity index (χ3v) is 4.75. The zero-order valence-corrected chi connectivity index (χ0v) is 12.2. The number of sulfonamides is 1. The van der Waals surface area contributed by atoms with Crippen LogP contribution in [0.25, 0.3) is 0 Å². The number of hydrogen-bond donors (Lipinski definition) is 1. The molecule has 1 aromatic rings. The fraction of sp³-hybridized carbons (Fsp3) is 0.500. The molecule has 0 aromatic heterocycles. The molecule has 0 heterocycles. The molecule has 1 aromatic carbocycles. The van der Waals surface area contributed by atoms with Crippen molar-refractivity contribution in [3.63, 3.8) is 0 Å². The number of ketones is 1. The Bertz CT molecular complexity index is 609. The topological polar surface area (TPSA) is 63.2 Å². The van der Waals surface area contributed by atoms with E-state index < -0.39 is 20.7 Å². The first-order valence-electron chi connectivity index (χ1n) is 6.79. The lowest BCUT2D eigenvalue weighted by Gasteiger charge is -2.08. The summed E-state index contributed by atoms with van der Waals surface area (Å²) >= 11 is 0. The number of hydrogen-bond acceptors (Lipinski definition) is 3. The average Bonchev–Trinajstić information content (AvgIpc) is 3.22. The number of nitrogens with one attached hydrogen (secondary N) is 1. The van der Waals surface area contributed by atoms with Crippen LogP contribution in [0.15, 0.2) is 23.1 Å². The molecule has 1 aliphatic carbocycles. The lowest BCUT2D eigenvalue weighted by atomic mass is 10.1. The summed E-state index contributed by atoms with van der Waals surface area (Å²) in [5.74, 6) is -0.958. The van der Waals surface area contributed by atoms with Crippen molar-refractivity contribution in [3.05, 3.63) is 29.6 Å². The molecule has 0 saturated heterocycles. The van der Waals surface area contributed by atoms with E-state index >= 15 is 0 Å². The Morgan fingerprint density at radius 1 is 1.40 bits per heavy atom. The van der Waals surface area contributed by atoms with Gasteiger partial charge in [-0.05, 0) is 37.5 Å². The summed E-state index contributed by atoms with van der Waals surface area (Å²) in [5, 5.41) is 0. The van der Waals surface area contributed by atoms with E-state index in [9.17, 15) is 17.6 Å². The largest absolute Gasteiger partial charge is 0.294 e. The van der Waals surface area contributed by atoms with Crippen LogP contribution in [0.1, 0.15) is 43.0 Å². The van der Waals surface area contributed by atoms with Gasteiger partial charge in [0.2, 0.25) is 10.0 Å². The van der Waals surface area contributed by atoms with Crippen LogP contribution in [0.5, 0.6) is 0 Å². The van der Waals surface area contributed by atoms with Crippen LogP contribution in [0.4, 0.5) is 4.39 Å². The second-order valence-corrected chi connectivity index (χ2v) is 6.77. The van der Waals surface area contributed by atoms with E-state index in [0.29, 0.717) is 6.42 Å². The second-order valence-electron chi connectivity index (χ2n) is 5.04. The van der Waals surface area contributed by atoms with Gasteiger partial charge in [-0.25, -0.2) is 17.5 Å². The predicted molar refractivity (Wildman–Crippen MR) is 73.6 cm³/mol. The molecular weight excluding hydrogens is 281 g/mol. The van der Waals surface area contributed by atoms with Gasteiger partial charge in [-0.15, -0.1) is 0 Å². The van der Waals surface area contributed by atoms with Gasteiger partial charge < -0.3 is 0 Å². The summed E-state index contributed by atoms with van der Waals surface area (Å²) < 4.78 is 40.1. The van der Waals surface area contributed by atoms with Crippen LogP contribution in [0.3, 0.4) is 0 Å². The lowest BCUT2D eigenvalue weighted by Crippen LogP contribution is -2.26. The molecule has 0 atom stereocenters. The Hall–Kier alpha value is -1.27. The third kappa shape index (κ3) is 3.43. The molecule has 20 heavy (non-hydrogen) atoms. The van der Waals surface area contributed by atoms with Crippen LogP contribution < -0.4 is 4.72 Å². The van der Waals surface area contributed by atoms with Crippen LogP contribution in [0.2, 0.25) is 0 Å². The zero-order chi connectivity index (χ0) is 14.8. The first-order chi connectivity index (χ1) is 9.45. The van der Waals surface area contributed by atoms with Gasteiger partial charge in [-0.3, -0.25) is 4.79 Å². The highest BCUT2D eigenvalue weighted by molar-refractivity contribution is 7.89. The van der Waals surface area contributed by atoms with Crippen molar-refractivity contribution in [1.82, 2.24) is 4.72 Å². The molecular formula is C14H18FNO3S. The van der Waals surface area contributed by atoms with E-state index in [2.05, 4.69) is 4.72 Å². The quantitative estimate of drug-likeness (QED) is 0.621. The first kappa shape index (κ1) is 15.1. The number of carbonyl (C=O) groups is 1. The highest BCUT2D eigenvalue weighted by Gasteiger charge is 2.31. The molecule has 6 heteroatoms. The summed E-state index contributed by atoms with van der Waals surface area (Å²) in [6.07, 6.45) is 3.17. The smallest absolute Gasteiger partial charge is 0.243 e. The molecule has 1 N–H and O–H groups in total. The van der Waals surface area contributed by atoms with E-state index in [1.165, 1.54) is 6.07 Å². The molecule has 1 fully saturated rings. The van der Waals surface area contributed by atoms with Crippen molar-refractivity contribution in [2.75, 3.05) is 6.54 Å². The van der Waals surface area contributed by atoms with Gasteiger partial charge >= 0.3 is 0 Å². The minimum atomic E-state index is -3.90. The molecule has 0 radical (unpaired) electrons. The molecule has 0 unspecified atom stereocenters. The fourth-order valence-electron chi connectivity index (χ4n) is 1.90. The summed E-state index contributed by atoms with van der Waals surface area (Å²) in [6, 6.07) is 3.54. The van der Waals surface area contributed by atoms with Gasteiger partial charge in [0, 0.05) is 18.0 Å². The molecule has 4 nitrogen and oxygen atoms in total. The van der Waals surface area contributed by atoms with E-state index in [1.807, 2.05) is 6.92 Å². The molecule has 110 valence electrons. The monoisotopic (exact) mass is 299 g/mol. The molecule has 0 amide bonds. The molecule has 1 aliphatic rings. The number of unbranched alkanes of at least 4 members (excludes halogenated alkanes) is 1. The summed E-state index contributed by atoms with van der Waals surface area (Å²) in [5.41, 5.74) is 0.268. The Labute approximate surface area is 118 Å². The minimum Gasteiger partial charge on any atom is -0.294 e. The SMILES string of the molecule is CCCCNS(=O)(=O)c1cc(C(=O)C2CC2)ccc1F. The van der Waals surface area contributed by atoms with Gasteiger partial charge in [-0.1, -0.05) is 13.3 Å². The predicted octanol–water partition coefficient (Wildman–Crippen LogP) is 2.50. The van der Waals surface area contributed by atoms with Crippen molar-refractivity contribution >= 4 is 15.8 Å². The van der Waals surface area contributed by atoms with Crippen molar-refractivity contribution in [1.29, 1.82) is 0 Å². The number of halogens is 1. The average molecular weight is 299 g/mol. The van der Waals surface area contributed by atoms with Crippen LogP contribution in [-0.2, 0) is 10.0 Å². The zero-order valence-electron chi connectivity index (χ0n) is 11.4. The number of rotatable bonds is 7. The van der Waals surface area contributed by atoms with Gasteiger partial charge in [0.25, 0.3) is 0 Å². The molecule has 0 spiro atoms. The van der Waals surface area contributed by atoms with Gasteiger partial charge in [0.1, 0.15) is 10.7 Å². The second kappa shape index (κ2) is 6.01. The Morgan fingerprint density at radius 2 is 2.10 bits per heavy atom. The first-order valence-corrected chi connectivity index (χ1v) is 8.27. The Morgan fingerprint density at radius 3 is 2.70 bits per heavy atom. The summed E-state index contributed by atoms with van der Waals surface area (Å²) in [6.45, 7) is 2.20. The summed E-state index contributed by atoms with van der Waals surface area (Å²) in [7, 11) is -3.90. The molecule has 0 bridgehead atoms. The fourth-order valence-corrected chi connectivity index (χ4v) is 3.08. The van der Waals surface area contributed by atoms with Crippen molar-refractivity contribution in [3.8, 4) is 0 Å². The molecule has 1 saturated carbocycles. The highest BCUT2D eigenvalue weighted by atomic mass is 32.2. The van der Waals surface area contributed by atoms with Gasteiger partial charge in [0.05, 0.1) is 0 Å². The van der Waals surface area contributed by atoms with E-state index in [1.54, 1.807) is 0 Å². The van der Waals surface area contributed by atoms with Gasteiger partial charge in [0.15, 0.2) is 5.78 Å². The van der Waals surface area contributed by atoms with Crippen LogP contribution in [0, 0.1) is 11.7 Å². The minimum absolute atomic E-state index is 0.0240. The standard InChI is InChI=1S/C14H18FNO3S/c1-2-3-8-16-20(18,19)13-9-11(6-7-12(13)15)14(17)10-4-5-10/h6-7,9-10,16H,2-5,8H2,1H3. The maximum absolute atomic E-state index is 13.7. The highest BCUT2D eigenvalue weighted by Crippen LogP contribution is 2.33. The van der Waals surface area contributed by atoms with E-state index in [0.717, 1.165) is 31.4 Å². The molecule has 0 aliphatic heterocycles. The lowest BCUT2D eigenvalue weighted by molar-refractivity contribution is 0.0967. The Balaban J connectivity index is 2.25. The van der Waals surface area contributed by atoms with Crippen molar-refractivity contribution < 1.29 is 17.6 Å². The van der Waals surface area contributed by atoms with Gasteiger partial charge in [-0.2, -0.15) is 0 Å². The summed E-state index contributed by atoms with van der Waals surface area (Å²) in [4.78, 5) is 11.5. The van der Waals surface area contributed by atoms with Crippen LogP contribution >= 0.6 is 0 Å². The van der Waals surface area contributed by atoms with Crippen molar-refractivity contribution in [2.45, 2.75) is 37.5 Å². The Kier molecular flexibility index (Phi) is 4.55.